The molecular weight excluding hydrogens is 294 g/mol. The highest BCUT2D eigenvalue weighted by molar-refractivity contribution is 6.02. The van der Waals surface area contributed by atoms with E-state index in [0.717, 1.165) is 4.90 Å². The molecule has 1 unspecified atom stereocenters. The molecule has 1 aliphatic rings. The molecule has 0 saturated carbocycles. The zero-order chi connectivity index (χ0) is 16.3. The first-order valence-corrected chi connectivity index (χ1v) is 6.76. The maximum absolute atomic E-state index is 12.1. The number of fused-ring (bicyclic) bond motifs is 1. The van der Waals surface area contributed by atoms with Crippen molar-refractivity contribution >= 4 is 23.5 Å². The molecular formula is C13H15N3O6. The van der Waals surface area contributed by atoms with Crippen molar-refractivity contribution in [2.24, 2.45) is 0 Å². The number of aromatic nitrogens is 1. The molecule has 9 nitrogen and oxygen atoms in total. The van der Waals surface area contributed by atoms with E-state index in [1.807, 2.05) is 0 Å². The van der Waals surface area contributed by atoms with Crippen molar-refractivity contribution in [2.45, 2.75) is 26.3 Å². The Morgan fingerprint density at radius 3 is 2.86 bits per heavy atom. The number of carbonyl (C=O) groups is 2. The van der Waals surface area contributed by atoms with Gasteiger partial charge in [0.1, 0.15) is 6.04 Å². The third kappa shape index (κ3) is 2.83. The molecule has 0 spiro atoms. The van der Waals surface area contributed by atoms with Gasteiger partial charge >= 0.3 is 11.8 Å². The minimum Gasteiger partial charge on any atom is -0.477 e. The van der Waals surface area contributed by atoms with E-state index in [4.69, 9.17) is 9.47 Å². The lowest BCUT2D eigenvalue weighted by atomic mass is 10.1. The average molecular weight is 309 g/mol. The largest absolute Gasteiger partial charge is 0.477 e. The molecule has 22 heavy (non-hydrogen) atoms. The summed E-state index contributed by atoms with van der Waals surface area (Å²) in [5.74, 6) is -1.33. The Morgan fingerprint density at radius 1 is 1.55 bits per heavy atom. The van der Waals surface area contributed by atoms with Gasteiger partial charge in [-0.1, -0.05) is 6.92 Å². The fraction of sp³-hybridized carbons (Fsp3) is 0.462. The number of nitro groups is 1. The fourth-order valence-electron chi connectivity index (χ4n) is 2.15. The van der Waals surface area contributed by atoms with Gasteiger partial charge in [0.2, 0.25) is 0 Å². The number of ether oxygens (including phenoxy) is 2. The molecule has 1 aromatic heterocycles. The van der Waals surface area contributed by atoms with Gasteiger partial charge in [0.25, 0.3) is 11.7 Å². The highest BCUT2D eigenvalue weighted by Crippen LogP contribution is 2.34. The van der Waals surface area contributed by atoms with Crippen LogP contribution in [0.1, 0.15) is 20.3 Å². The van der Waals surface area contributed by atoms with Crippen molar-refractivity contribution in [3.63, 3.8) is 0 Å². The summed E-state index contributed by atoms with van der Waals surface area (Å²) >= 11 is 0. The van der Waals surface area contributed by atoms with Gasteiger partial charge in [0.05, 0.1) is 6.61 Å². The fourth-order valence-corrected chi connectivity index (χ4v) is 2.15. The second kappa shape index (κ2) is 6.37. The number of nitrogens with zero attached hydrogens (tertiary/aromatic N) is 3. The van der Waals surface area contributed by atoms with Gasteiger partial charge in [-0.3, -0.25) is 9.69 Å². The number of esters is 1. The van der Waals surface area contributed by atoms with Crippen LogP contribution in [0, 0.1) is 10.1 Å². The van der Waals surface area contributed by atoms with Crippen molar-refractivity contribution in [3.8, 4) is 5.75 Å². The van der Waals surface area contributed by atoms with Crippen LogP contribution in [0.5, 0.6) is 5.75 Å². The number of pyridine rings is 1. The van der Waals surface area contributed by atoms with Gasteiger partial charge in [0, 0.05) is 6.07 Å². The highest BCUT2D eigenvalue weighted by Gasteiger charge is 2.40. The summed E-state index contributed by atoms with van der Waals surface area (Å²) in [7, 11) is 0. The third-order valence-corrected chi connectivity index (χ3v) is 3.12. The quantitative estimate of drug-likeness (QED) is 0.454. The molecule has 1 atom stereocenters. The summed E-state index contributed by atoms with van der Waals surface area (Å²) in [6, 6.07) is 1.64. The second-order valence-corrected chi connectivity index (χ2v) is 4.48. The predicted molar refractivity (Wildman–Crippen MR) is 74.6 cm³/mol. The molecule has 0 saturated heterocycles. The Morgan fingerprint density at radius 2 is 2.27 bits per heavy atom. The van der Waals surface area contributed by atoms with Crippen molar-refractivity contribution in [1.82, 2.24) is 4.98 Å². The van der Waals surface area contributed by atoms with Crippen LogP contribution in [0.3, 0.4) is 0 Å². The normalized spacial score (nSPS) is 14.8. The van der Waals surface area contributed by atoms with Crippen molar-refractivity contribution < 1.29 is 24.0 Å². The lowest BCUT2D eigenvalue weighted by Gasteiger charge is -2.30. The molecule has 0 fully saturated rings. The predicted octanol–water partition coefficient (Wildman–Crippen LogP) is 1.06. The molecule has 1 amide bonds. The monoisotopic (exact) mass is 309 g/mol. The number of hydrogen-bond acceptors (Lipinski definition) is 7. The van der Waals surface area contributed by atoms with Gasteiger partial charge in [-0.25, -0.2) is 4.79 Å². The Kier molecular flexibility index (Phi) is 4.54. The van der Waals surface area contributed by atoms with Crippen LogP contribution in [0.25, 0.3) is 0 Å². The van der Waals surface area contributed by atoms with E-state index < -0.39 is 28.7 Å². The highest BCUT2D eigenvalue weighted by atomic mass is 16.6. The molecule has 2 rings (SSSR count). The lowest BCUT2D eigenvalue weighted by molar-refractivity contribution is -0.389. The number of rotatable bonds is 5. The minimum atomic E-state index is -0.899. The molecule has 2 heterocycles. The minimum absolute atomic E-state index is 0.0367. The van der Waals surface area contributed by atoms with Crippen LogP contribution in [-0.2, 0) is 14.3 Å². The maximum atomic E-state index is 12.1. The van der Waals surface area contributed by atoms with Crippen LogP contribution < -0.4 is 9.64 Å². The maximum Gasteiger partial charge on any atom is 0.366 e. The Labute approximate surface area is 126 Å². The van der Waals surface area contributed by atoms with Crippen LogP contribution in [0.4, 0.5) is 11.6 Å². The summed E-state index contributed by atoms with van der Waals surface area (Å²) in [5.41, 5.74) is 0. The number of hydrogen-bond donors (Lipinski definition) is 0. The lowest BCUT2D eigenvalue weighted by Crippen LogP contribution is -2.50. The topological polar surface area (TPSA) is 112 Å². The van der Waals surface area contributed by atoms with Crippen LogP contribution in [-0.4, -0.2) is 41.0 Å². The number of amides is 1. The van der Waals surface area contributed by atoms with Crippen molar-refractivity contribution in [2.75, 3.05) is 18.1 Å². The van der Waals surface area contributed by atoms with E-state index in [0.29, 0.717) is 0 Å². The zero-order valence-electron chi connectivity index (χ0n) is 12.1. The molecule has 1 aromatic rings. The van der Waals surface area contributed by atoms with Gasteiger partial charge in [-0.15, -0.1) is 0 Å². The number of carbonyl (C=O) groups excluding carboxylic acids is 2. The van der Waals surface area contributed by atoms with Crippen molar-refractivity contribution in [3.05, 3.63) is 22.2 Å². The van der Waals surface area contributed by atoms with E-state index in [9.17, 15) is 19.7 Å². The third-order valence-electron chi connectivity index (χ3n) is 3.12. The summed E-state index contributed by atoms with van der Waals surface area (Å²) < 4.78 is 10.2. The standard InChI is InChI=1S/C13H15N3O6/c1-3-8(13(18)21-4-2)15-11(17)7-22-9-5-6-10(16(19)20)14-12(9)15/h5-6,8H,3-4,7H2,1-2H3. The summed E-state index contributed by atoms with van der Waals surface area (Å²) in [4.78, 5) is 39.3. The molecule has 118 valence electrons. The first-order valence-electron chi connectivity index (χ1n) is 6.76. The van der Waals surface area contributed by atoms with Crippen LogP contribution >= 0.6 is 0 Å². The van der Waals surface area contributed by atoms with Gasteiger partial charge < -0.3 is 19.6 Å². The summed E-state index contributed by atoms with van der Waals surface area (Å²) in [6.07, 6.45) is 0.286. The molecule has 1 aliphatic heterocycles. The van der Waals surface area contributed by atoms with E-state index >= 15 is 0 Å². The van der Waals surface area contributed by atoms with Gasteiger partial charge in [-0.2, -0.15) is 0 Å². The summed E-state index contributed by atoms with van der Waals surface area (Å²) in [6.45, 7) is 3.27. The number of anilines is 1. The Balaban J connectivity index is 2.47. The van der Waals surface area contributed by atoms with Crippen molar-refractivity contribution in [1.29, 1.82) is 0 Å². The summed E-state index contributed by atoms with van der Waals surface area (Å²) in [5, 5.41) is 10.9. The van der Waals surface area contributed by atoms with Crippen LogP contribution in [0.2, 0.25) is 0 Å². The molecule has 9 heteroatoms. The Hall–Kier alpha value is -2.71. The van der Waals surface area contributed by atoms with E-state index in [1.165, 1.54) is 12.1 Å². The Bertz CT molecular complexity index is 618. The van der Waals surface area contributed by atoms with Gasteiger partial charge in [0.15, 0.2) is 12.4 Å². The van der Waals surface area contributed by atoms with Gasteiger partial charge in [-0.05, 0) is 29.3 Å². The molecule has 0 radical (unpaired) electrons. The first kappa shape index (κ1) is 15.7. The van der Waals surface area contributed by atoms with E-state index in [1.54, 1.807) is 13.8 Å². The molecule has 0 aromatic carbocycles. The average Bonchev–Trinajstić information content (AvgIpc) is 2.49. The van der Waals surface area contributed by atoms with E-state index in [2.05, 4.69) is 4.98 Å². The molecule has 0 aliphatic carbocycles. The SMILES string of the molecule is CCOC(=O)C(CC)N1C(=O)COc2ccc([N+](=O)[O-])nc21. The smallest absolute Gasteiger partial charge is 0.366 e. The van der Waals surface area contributed by atoms with E-state index in [-0.39, 0.29) is 31.2 Å². The second-order valence-electron chi connectivity index (χ2n) is 4.48. The van der Waals surface area contributed by atoms with Crippen LogP contribution in [0.15, 0.2) is 12.1 Å². The first-order chi connectivity index (χ1) is 10.5. The zero-order valence-corrected chi connectivity index (χ0v) is 12.1. The molecule has 0 N–H and O–H groups in total. The molecule has 0 bridgehead atoms.